The van der Waals surface area contributed by atoms with Crippen molar-refractivity contribution >= 4 is 22.8 Å². The van der Waals surface area contributed by atoms with Crippen LogP contribution in [0.15, 0.2) is 67.1 Å². The maximum atomic E-state index is 12.6. The Balaban J connectivity index is 1.61. The van der Waals surface area contributed by atoms with Gasteiger partial charge in [-0.2, -0.15) is 0 Å². The second kappa shape index (κ2) is 7.44. The van der Waals surface area contributed by atoms with Gasteiger partial charge in [0.05, 0.1) is 5.52 Å². The monoisotopic (exact) mass is 369 g/mol. The number of nitrogens with zero attached hydrogens (tertiary/aromatic N) is 3. The highest BCUT2D eigenvalue weighted by Crippen LogP contribution is 2.27. The van der Waals surface area contributed by atoms with Crippen LogP contribution in [-0.2, 0) is 6.54 Å². The van der Waals surface area contributed by atoms with E-state index in [1.807, 2.05) is 55.5 Å². The van der Waals surface area contributed by atoms with Crippen LogP contribution in [0, 0.1) is 6.92 Å². The minimum absolute atomic E-state index is 0.116. The minimum Gasteiger partial charge on any atom is -0.368 e. The van der Waals surface area contributed by atoms with Crippen LogP contribution in [0.1, 0.15) is 21.5 Å². The van der Waals surface area contributed by atoms with Crippen LogP contribution in [0.25, 0.3) is 22.0 Å². The molecule has 0 unspecified atom stereocenters. The molecule has 0 fully saturated rings. The minimum atomic E-state index is -0.116. The fourth-order valence-corrected chi connectivity index (χ4v) is 3.07. The Hall–Kier alpha value is -3.80. The number of hydrogen-bond acceptors (Lipinski definition) is 5. The molecule has 0 aliphatic heterocycles. The number of anilines is 1. The third-order valence-electron chi connectivity index (χ3n) is 4.61. The number of carbonyl (C=O) groups is 1. The molecule has 0 bridgehead atoms. The molecule has 28 heavy (non-hydrogen) atoms. The van der Waals surface area contributed by atoms with Crippen molar-refractivity contribution in [2.24, 2.45) is 0 Å². The quantitative estimate of drug-likeness (QED) is 0.574. The lowest BCUT2D eigenvalue weighted by Gasteiger charge is -2.11. The second-order valence-electron chi connectivity index (χ2n) is 6.57. The molecule has 0 aliphatic carbocycles. The molecule has 2 heterocycles. The lowest BCUT2D eigenvalue weighted by Crippen LogP contribution is -2.22. The van der Waals surface area contributed by atoms with E-state index in [0.717, 1.165) is 33.2 Å². The van der Waals surface area contributed by atoms with Gasteiger partial charge in [0.2, 0.25) is 5.95 Å². The third kappa shape index (κ3) is 3.66. The zero-order chi connectivity index (χ0) is 19.5. The van der Waals surface area contributed by atoms with Gasteiger partial charge in [-0.15, -0.1) is 0 Å². The molecule has 6 nitrogen and oxygen atoms in total. The molecule has 0 saturated heterocycles. The van der Waals surface area contributed by atoms with Crippen molar-refractivity contribution in [3.8, 4) is 11.1 Å². The number of aromatic nitrogens is 3. The van der Waals surface area contributed by atoms with E-state index < -0.39 is 0 Å². The van der Waals surface area contributed by atoms with Crippen molar-refractivity contribution < 1.29 is 4.79 Å². The predicted molar refractivity (Wildman–Crippen MR) is 110 cm³/mol. The molecule has 6 heteroatoms. The van der Waals surface area contributed by atoms with Crippen molar-refractivity contribution in [1.29, 1.82) is 0 Å². The number of carbonyl (C=O) groups excluding carboxylic acids is 1. The second-order valence-corrected chi connectivity index (χ2v) is 6.57. The van der Waals surface area contributed by atoms with Crippen LogP contribution in [0.2, 0.25) is 0 Å². The first-order chi connectivity index (χ1) is 13.6. The highest BCUT2D eigenvalue weighted by Gasteiger charge is 2.10. The van der Waals surface area contributed by atoms with Gasteiger partial charge in [-0.25, -0.2) is 9.97 Å². The molecule has 1 amide bonds. The van der Waals surface area contributed by atoms with Gasteiger partial charge in [0.25, 0.3) is 5.91 Å². The van der Waals surface area contributed by atoms with Gasteiger partial charge in [0, 0.05) is 36.1 Å². The van der Waals surface area contributed by atoms with E-state index >= 15 is 0 Å². The number of aryl methyl sites for hydroxylation is 1. The Morgan fingerprint density at radius 1 is 1.07 bits per heavy atom. The normalized spacial score (nSPS) is 10.8. The van der Waals surface area contributed by atoms with Gasteiger partial charge in [0.15, 0.2) is 0 Å². The number of benzene rings is 2. The van der Waals surface area contributed by atoms with Gasteiger partial charge in [-0.1, -0.05) is 12.1 Å². The number of nitrogens with two attached hydrogens (primary N) is 1. The Labute approximate surface area is 162 Å². The van der Waals surface area contributed by atoms with E-state index in [1.165, 1.54) is 0 Å². The summed E-state index contributed by atoms with van der Waals surface area (Å²) in [6.07, 6.45) is 5.13. The molecule has 4 rings (SSSR count). The van der Waals surface area contributed by atoms with Gasteiger partial charge in [-0.05, 0) is 65.6 Å². The Kier molecular flexibility index (Phi) is 4.68. The number of amides is 1. The number of fused-ring (bicyclic) bond motifs is 1. The summed E-state index contributed by atoms with van der Waals surface area (Å²) in [6, 6.07) is 15.4. The molecule has 0 radical (unpaired) electrons. The Morgan fingerprint density at radius 2 is 1.89 bits per heavy atom. The summed E-state index contributed by atoms with van der Waals surface area (Å²) < 4.78 is 0. The third-order valence-corrected chi connectivity index (χ3v) is 4.61. The van der Waals surface area contributed by atoms with Crippen LogP contribution in [-0.4, -0.2) is 20.9 Å². The molecule has 2 aromatic heterocycles. The topological polar surface area (TPSA) is 93.8 Å². The molecular formula is C22H19N5O. The zero-order valence-electron chi connectivity index (χ0n) is 15.4. The summed E-state index contributed by atoms with van der Waals surface area (Å²) >= 11 is 0. The molecule has 4 aromatic rings. The lowest BCUT2D eigenvalue weighted by atomic mass is 9.97. The molecule has 0 aliphatic rings. The van der Waals surface area contributed by atoms with Gasteiger partial charge >= 0.3 is 0 Å². The van der Waals surface area contributed by atoms with Gasteiger partial charge in [-0.3, -0.25) is 9.78 Å². The number of pyridine rings is 1. The largest absolute Gasteiger partial charge is 0.368 e. The Morgan fingerprint density at radius 3 is 2.71 bits per heavy atom. The Bertz CT molecular complexity index is 1160. The first-order valence-corrected chi connectivity index (χ1v) is 8.90. The summed E-state index contributed by atoms with van der Waals surface area (Å²) in [6.45, 7) is 2.48. The van der Waals surface area contributed by atoms with Crippen molar-refractivity contribution in [1.82, 2.24) is 20.3 Å². The fourth-order valence-electron chi connectivity index (χ4n) is 3.07. The molecule has 0 spiro atoms. The SMILES string of the molecule is Cc1ccc(C(=O)NCc2ccncc2)cc1-c1ccc2nc(N)ncc2c1. The fraction of sp³-hybridized carbons (Fsp3) is 0.0909. The van der Waals surface area contributed by atoms with E-state index in [1.54, 1.807) is 18.6 Å². The first kappa shape index (κ1) is 17.6. The van der Waals surface area contributed by atoms with Gasteiger partial charge < -0.3 is 11.1 Å². The highest BCUT2D eigenvalue weighted by molar-refractivity contribution is 5.96. The maximum Gasteiger partial charge on any atom is 0.251 e. The van der Waals surface area contributed by atoms with Crippen molar-refractivity contribution in [2.45, 2.75) is 13.5 Å². The molecule has 138 valence electrons. The molecular weight excluding hydrogens is 350 g/mol. The smallest absolute Gasteiger partial charge is 0.251 e. The van der Waals surface area contributed by atoms with Crippen molar-refractivity contribution in [3.05, 3.63) is 83.8 Å². The van der Waals surface area contributed by atoms with E-state index in [9.17, 15) is 4.79 Å². The van der Waals surface area contributed by atoms with E-state index in [0.29, 0.717) is 12.1 Å². The standard InChI is InChI=1S/C22H19N5O/c1-14-2-3-17(21(28)25-12-15-6-8-24-9-7-15)11-19(14)16-4-5-20-18(10-16)13-26-22(23)27-20/h2-11,13H,12H2,1H3,(H,25,28)(H2,23,26,27). The predicted octanol–water partition coefficient (Wildman–Crippen LogP) is 3.51. The van der Waals surface area contributed by atoms with Crippen LogP contribution < -0.4 is 11.1 Å². The van der Waals surface area contributed by atoms with Crippen molar-refractivity contribution in [3.63, 3.8) is 0 Å². The lowest BCUT2D eigenvalue weighted by molar-refractivity contribution is 0.0951. The summed E-state index contributed by atoms with van der Waals surface area (Å²) in [7, 11) is 0. The van der Waals surface area contributed by atoms with E-state index in [-0.39, 0.29) is 11.9 Å². The van der Waals surface area contributed by atoms with E-state index in [4.69, 9.17) is 5.73 Å². The summed E-state index contributed by atoms with van der Waals surface area (Å²) in [4.78, 5) is 24.9. The summed E-state index contributed by atoms with van der Waals surface area (Å²) in [5.41, 5.74) is 11.1. The van der Waals surface area contributed by atoms with Crippen LogP contribution >= 0.6 is 0 Å². The van der Waals surface area contributed by atoms with Crippen LogP contribution in [0.4, 0.5) is 5.95 Å². The summed E-state index contributed by atoms with van der Waals surface area (Å²) in [5.74, 6) is 0.138. The molecule has 2 aromatic carbocycles. The number of rotatable bonds is 4. The average molecular weight is 369 g/mol. The highest BCUT2D eigenvalue weighted by atomic mass is 16.1. The summed E-state index contributed by atoms with van der Waals surface area (Å²) in [5, 5.41) is 3.85. The average Bonchev–Trinajstić information content (AvgIpc) is 2.73. The number of nitrogens with one attached hydrogen (secondary N) is 1. The number of hydrogen-bond donors (Lipinski definition) is 2. The van der Waals surface area contributed by atoms with Crippen molar-refractivity contribution in [2.75, 3.05) is 5.73 Å². The number of nitrogen functional groups attached to an aromatic ring is 1. The van der Waals surface area contributed by atoms with Crippen LogP contribution in [0.3, 0.4) is 0 Å². The van der Waals surface area contributed by atoms with E-state index in [2.05, 4.69) is 20.3 Å². The molecule has 0 atom stereocenters. The van der Waals surface area contributed by atoms with Gasteiger partial charge in [0.1, 0.15) is 0 Å². The zero-order valence-corrected chi connectivity index (χ0v) is 15.4. The van der Waals surface area contributed by atoms with Crippen LogP contribution in [0.5, 0.6) is 0 Å². The maximum absolute atomic E-state index is 12.6. The molecule has 0 saturated carbocycles. The first-order valence-electron chi connectivity index (χ1n) is 8.90. The molecule has 3 N–H and O–H groups in total.